The molecule has 40 heavy (non-hydrogen) atoms. The lowest BCUT2D eigenvalue weighted by molar-refractivity contribution is -0.114. The number of nitrogens with zero attached hydrogens (tertiary/aromatic N) is 4. The molecule has 1 aliphatic heterocycles. The topological polar surface area (TPSA) is 96.9 Å². The summed E-state index contributed by atoms with van der Waals surface area (Å²) in [6.45, 7) is 2.43. The molecule has 9 nitrogen and oxygen atoms in total. The van der Waals surface area contributed by atoms with Crippen molar-refractivity contribution in [1.29, 1.82) is 0 Å². The number of amides is 2. The molecule has 3 aromatic rings. The van der Waals surface area contributed by atoms with E-state index in [1.807, 2.05) is 0 Å². The summed E-state index contributed by atoms with van der Waals surface area (Å²) in [7, 11) is 2.76. The number of urea groups is 1. The molecule has 2 amide bonds. The van der Waals surface area contributed by atoms with Crippen molar-refractivity contribution in [3.63, 3.8) is 0 Å². The highest BCUT2D eigenvalue weighted by Crippen LogP contribution is 2.48. The predicted octanol–water partition coefficient (Wildman–Crippen LogP) is 6.69. The highest BCUT2D eigenvalue weighted by Gasteiger charge is 2.37. The van der Waals surface area contributed by atoms with Crippen LogP contribution in [0.5, 0.6) is 11.5 Å². The van der Waals surface area contributed by atoms with Crippen molar-refractivity contribution < 1.29 is 27.8 Å². The van der Waals surface area contributed by atoms with Crippen molar-refractivity contribution in [2.24, 2.45) is 0 Å². The summed E-state index contributed by atoms with van der Waals surface area (Å²) in [5.41, 5.74) is 1.60. The number of alkyl halides is 2. The number of aromatic nitrogens is 2. The number of allylic oxidation sites excluding steroid dienone is 1. The Balaban J connectivity index is 0.00000441. The number of ketones is 1. The maximum absolute atomic E-state index is 13.7. The minimum atomic E-state index is -2.87. The fourth-order valence-corrected chi connectivity index (χ4v) is 4.75. The summed E-state index contributed by atoms with van der Waals surface area (Å²) in [5, 5.41) is 3.01. The van der Waals surface area contributed by atoms with Gasteiger partial charge in [-0.1, -0.05) is 55.4 Å². The zero-order valence-corrected chi connectivity index (χ0v) is 22.4. The van der Waals surface area contributed by atoms with Crippen LogP contribution in [0.1, 0.15) is 18.6 Å². The number of carbonyl (C=O) groups excluding carboxylic acids is 2. The van der Waals surface area contributed by atoms with E-state index in [1.54, 1.807) is 24.3 Å². The van der Waals surface area contributed by atoms with Gasteiger partial charge in [-0.15, -0.1) is 0 Å². The molecule has 0 spiro atoms. The van der Waals surface area contributed by atoms with Crippen LogP contribution in [-0.2, 0) is 17.8 Å². The number of anilines is 4. The van der Waals surface area contributed by atoms with Gasteiger partial charge in [-0.3, -0.25) is 14.6 Å². The quantitative estimate of drug-likeness (QED) is 0.261. The third-order valence-electron chi connectivity index (χ3n) is 5.88. The average molecular weight is 594 g/mol. The molecule has 1 aliphatic rings. The lowest BCUT2D eigenvalue weighted by Gasteiger charge is -2.37. The number of para-hydroxylation sites is 1. The lowest BCUT2D eigenvalue weighted by atomic mass is 10.1. The Hall–Kier alpha value is -3.96. The van der Waals surface area contributed by atoms with E-state index in [9.17, 15) is 18.4 Å². The summed E-state index contributed by atoms with van der Waals surface area (Å²) in [6.07, 6.45) is -0.139. The van der Waals surface area contributed by atoms with Crippen molar-refractivity contribution in [2.75, 3.05) is 35.9 Å². The standard InChI is InChI=1S/C26H23Cl2F2N5O4.CH4/c1-4-16(36)9-14-7-5-6-8-17(14)32-25-31-11-15-12-34(26(37)35(13-20(29)30)24(15)33-25)23-21(27)18(38-2)10-19(39-3)22(23)28;/h4-8,10-11,20H,1,9,12-13H2,2-3H3,(H,31,32,33);1H4. The van der Waals surface area contributed by atoms with Gasteiger partial charge in [0.05, 0.1) is 33.0 Å². The monoisotopic (exact) mass is 593 g/mol. The lowest BCUT2D eigenvalue weighted by Crippen LogP contribution is -2.50. The van der Waals surface area contributed by atoms with Crippen LogP contribution >= 0.6 is 23.2 Å². The Labute approximate surface area is 240 Å². The van der Waals surface area contributed by atoms with Gasteiger partial charge in [0, 0.05) is 29.9 Å². The van der Waals surface area contributed by atoms with E-state index in [0.717, 1.165) is 9.80 Å². The number of halogens is 4. The van der Waals surface area contributed by atoms with Crippen molar-refractivity contribution in [2.45, 2.75) is 26.8 Å². The molecule has 1 aromatic heterocycles. The normalized spacial score (nSPS) is 12.5. The smallest absolute Gasteiger partial charge is 0.330 e. The van der Waals surface area contributed by atoms with Gasteiger partial charge in [-0.25, -0.2) is 18.6 Å². The Morgan fingerprint density at radius 2 is 1.85 bits per heavy atom. The van der Waals surface area contributed by atoms with E-state index >= 15 is 0 Å². The molecule has 0 radical (unpaired) electrons. The van der Waals surface area contributed by atoms with E-state index in [2.05, 4.69) is 21.9 Å². The molecule has 4 rings (SSSR count). The summed E-state index contributed by atoms with van der Waals surface area (Å²) in [5.74, 6) is 0.214. The fraction of sp³-hybridized carbons (Fsp3) is 0.259. The Morgan fingerprint density at radius 3 is 2.45 bits per heavy atom. The maximum atomic E-state index is 13.7. The maximum Gasteiger partial charge on any atom is 0.330 e. The van der Waals surface area contributed by atoms with E-state index in [0.29, 0.717) is 16.8 Å². The van der Waals surface area contributed by atoms with Crippen LogP contribution in [0.15, 0.2) is 49.2 Å². The molecule has 1 N–H and O–H groups in total. The van der Waals surface area contributed by atoms with Crippen LogP contribution in [0.25, 0.3) is 0 Å². The van der Waals surface area contributed by atoms with Gasteiger partial charge in [-0.2, -0.15) is 4.98 Å². The minimum Gasteiger partial charge on any atom is -0.495 e. The molecular formula is C27H27Cl2F2N5O4. The third kappa shape index (κ3) is 6.10. The zero-order valence-electron chi connectivity index (χ0n) is 20.9. The number of ether oxygens (including phenoxy) is 2. The van der Waals surface area contributed by atoms with Crippen LogP contribution in [0, 0.1) is 0 Å². The van der Waals surface area contributed by atoms with Crippen LogP contribution in [0.2, 0.25) is 10.0 Å². The number of hydrogen-bond donors (Lipinski definition) is 1. The van der Waals surface area contributed by atoms with Gasteiger partial charge < -0.3 is 14.8 Å². The number of methoxy groups -OCH3 is 2. The minimum absolute atomic E-state index is 0. The number of rotatable bonds is 10. The summed E-state index contributed by atoms with van der Waals surface area (Å²) >= 11 is 13.0. The molecule has 0 aliphatic carbocycles. The number of carbonyl (C=O) groups is 2. The second-order valence-electron chi connectivity index (χ2n) is 8.30. The predicted molar refractivity (Wildman–Crippen MR) is 152 cm³/mol. The molecule has 212 valence electrons. The second-order valence-corrected chi connectivity index (χ2v) is 9.06. The molecule has 2 heterocycles. The summed E-state index contributed by atoms with van der Waals surface area (Å²) in [6, 6.07) is 7.62. The highest BCUT2D eigenvalue weighted by atomic mass is 35.5. The van der Waals surface area contributed by atoms with E-state index in [1.165, 1.54) is 32.6 Å². The first-order valence-corrected chi connectivity index (χ1v) is 12.3. The van der Waals surface area contributed by atoms with Crippen molar-refractivity contribution in [1.82, 2.24) is 9.97 Å². The number of nitrogens with one attached hydrogen (secondary N) is 1. The zero-order chi connectivity index (χ0) is 28.3. The van der Waals surface area contributed by atoms with Crippen LogP contribution in [0.4, 0.5) is 36.7 Å². The van der Waals surface area contributed by atoms with Crippen LogP contribution in [0.3, 0.4) is 0 Å². The molecule has 0 bridgehead atoms. The van der Waals surface area contributed by atoms with Gasteiger partial charge >= 0.3 is 6.03 Å². The number of fused-ring (bicyclic) bond motifs is 1. The fourth-order valence-electron chi connectivity index (χ4n) is 4.04. The molecule has 0 fully saturated rings. The average Bonchev–Trinajstić information content (AvgIpc) is 2.92. The molecule has 13 heteroatoms. The van der Waals surface area contributed by atoms with Crippen molar-refractivity contribution in [3.05, 3.63) is 70.4 Å². The number of benzene rings is 2. The third-order valence-corrected chi connectivity index (χ3v) is 6.62. The first kappa shape index (κ1) is 30.6. The van der Waals surface area contributed by atoms with Gasteiger partial charge in [0.15, 0.2) is 5.78 Å². The summed E-state index contributed by atoms with van der Waals surface area (Å²) < 4.78 is 37.9. The van der Waals surface area contributed by atoms with Gasteiger partial charge in [0.2, 0.25) is 5.95 Å². The van der Waals surface area contributed by atoms with Crippen molar-refractivity contribution in [3.8, 4) is 11.5 Å². The Morgan fingerprint density at radius 1 is 1.20 bits per heavy atom. The molecule has 0 saturated heterocycles. The van der Waals surface area contributed by atoms with Crippen molar-refractivity contribution >= 4 is 58.2 Å². The number of hydrogen-bond acceptors (Lipinski definition) is 7. The second kappa shape index (κ2) is 12.9. The Bertz CT molecular complexity index is 1410. The molecule has 2 aromatic carbocycles. The Kier molecular flexibility index (Phi) is 9.88. The van der Waals surface area contributed by atoms with Gasteiger partial charge in [-0.05, 0) is 17.7 Å². The summed E-state index contributed by atoms with van der Waals surface area (Å²) in [4.78, 5) is 36.2. The first-order valence-electron chi connectivity index (χ1n) is 11.5. The SMILES string of the molecule is C.C=CC(=O)Cc1ccccc1Nc1ncc2c(n1)N(CC(F)F)C(=O)N(c1c(Cl)c(OC)cc(OC)c1Cl)C2. The molecule has 0 unspecified atom stereocenters. The van der Waals surface area contributed by atoms with E-state index in [4.69, 9.17) is 32.7 Å². The molecule has 0 saturated carbocycles. The molecule has 0 atom stereocenters. The molecular weight excluding hydrogens is 567 g/mol. The largest absolute Gasteiger partial charge is 0.495 e. The van der Waals surface area contributed by atoms with Gasteiger partial charge in [0.1, 0.15) is 27.4 Å². The highest BCUT2D eigenvalue weighted by molar-refractivity contribution is 6.42. The van der Waals surface area contributed by atoms with Crippen LogP contribution in [-0.4, -0.2) is 49.0 Å². The van der Waals surface area contributed by atoms with E-state index < -0.39 is 19.0 Å². The van der Waals surface area contributed by atoms with Crippen LogP contribution < -0.4 is 24.6 Å². The van der Waals surface area contributed by atoms with Gasteiger partial charge in [0.25, 0.3) is 6.43 Å². The van der Waals surface area contributed by atoms with E-state index in [-0.39, 0.29) is 65.2 Å². The first-order chi connectivity index (χ1) is 18.7.